The highest BCUT2D eigenvalue weighted by molar-refractivity contribution is 6.33. The van der Waals surface area contributed by atoms with Gasteiger partial charge in [-0.3, -0.25) is 9.59 Å². The summed E-state index contributed by atoms with van der Waals surface area (Å²) in [7, 11) is 0. The van der Waals surface area contributed by atoms with E-state index in [1.165, 1.54) is 0 Å². The zero-order valence-corrected chi connectivity index (χ0v) is 14.1. The molecule has 2 aromatic rings. The number of halogens is 1. The first-order chi connectivity index (χ1) is 11.6. The Kier molecular flexibility index (Phi) is 5.16. The maximum absolute atomic E-state index is 12.3. The lowest BCUT2D eigenvalue weighted by molar-refractivity contribution is 0.0792. The molecular formula is C19H19ClN2O2. The Bertz CT molecular complexity index is 737. The Morgan fingerprint density at radius 1 is 1.00 bits per heavy atom. The summed E-state index contributed by atoms with van der Waals surface area (Å²) in [6.45, 7) is 2.07. The third kappa shape index (κ3) is 3.77. The molecule has 1 aliphatic rings. The minimum atomic E-state index is -0.210. The van der Waals surface area contributed by atoms with Crippen molar-refractivity contribution in [3.8, 4) is 0 Å². The Hall–Kier alpha value is -2.33. The summed E-state index contributed by atoms with van der Waals surface area (Å²) in [5.41, 5.74) is 2.09. The molecule has 1 N–H and O–H groups in total. The summed E-state index contributed by atoms with van der Waals surface area (Å²) in [4.78, 5) is 26.3. The number of nitrogens with zero attached hydrogens (tertiary/aromatic N) is 1. The van der Waals surface area contributed by atoms with Crippen molar-refractivity contribution in [3.63, 3.8) is 0 Å². The molecule has 1 fully saturated rings. The number of hydrogen-bond donors (Lipinski definition) is 1. The number of hydrogen-bond acceptors (Lipinski definition) is 2. The zero-order chi connectivity index (χ0) is 16.9. The summed E-state index contributed by atoms with van der Waals surface area (Å²) in [5.74, 6) is -0.128. The number of nitrogens with one attached hydrogen (secondary N) is 1. The normalized spacial score (nSPS) is 13.8. The van der Waals surface area contributed by atoms with E-state index < -0.39 is 0 Å². The average Bonchev–Trinajstić information content (AvgIpc) is 3.14. The summed E-state index contributed by atoms with van der Waals surface area (Å²) in [6.07, 6.45) is 2.16. The number of amides is 2. The first kappa shape index (κ1) is 16.5. The second-order valence-electron chi connectivity index (χ2n) is 5.86. The molecular weight excluding hydrogens is 324 g/mol. The summed E-state index contributed by atoms with van der Waals surface area (Å²) in [5, 5.41) is 3.27. The number of likely N-dealkylation sites (tertiary alicyclic amines) is 1. The van der Waals surface area contributed by atoms with Gasteiger partial charge < -0.3 is 10.2 Å². The largest absolute Gasteiger partial charge is 0.348 e. The fourth-order valence-corrected chi connectivity index (χ4v) is 3.01. The number of carbonyl (C=O) groups excluding carboxylic acids is 2. The van der Waals surface area contributed by atoms with Gasteiger partial charge in [-0.25, -0.2) is 0 Å². The third-order valence-electron chi connectivity index (χ3n) is 4.17. The van der Waals surface area contributed by atoms with Gasteiger partial charge in [0.05, 0.1) is 10.6 Å². The van der Waals surface area contributed by atoms with Crippen molar-refractivity contribution in [2.24, 2.45) is 0 Å². The first-order valence-electron chi connectivity index (χ1n) is 8.06. The van der Waals surface area contributed by atoms with Gasteiger partial charge >= 0.3 is 0 Å². The third-order valence-corrected chi connectivity index (χ3v) is 4.50. The Morgan fingerprint density at radius 2 is 1.67 bits per heavy atom. The topological polar surface area (TPSA) is 49.4 Å². The predicted octanol–water partition coefficient (Wildman–Crippen LogP) is 3.51. The predicted molar refractivity (Wildman–Crippen MR) is 94.2 cm³/mol. The minimum Gasteiger partial charge on any atom is -0.348 e. The van der Waals surface area contributed by atoms with Crippen LogP contribution < -0.4 is 5.32 Å². The smallest absolute Gasteiger partial charge is 0.253 e. The van der Waals surface area contributed by atoms with Crippen LogP contribution >= 0.6 is 11.6 Å². The van der Waals surface area contributed by atoms with Crippen molar-refractivity contribution in [1.82, 2.24) is 10.2 Å². The average molecular weight is 343 g/mol. The fraction of sp³-hybridized carbons (Fsp3) is 0.263. The monoisotopic (exact) mass is 342 g/mol. The van der Waals surface area contributed by atoms with Crippen LogP contribution in [-0.2, 0) is 6.54 Å². The van der Waals surface area contributed by atoms with Gasteiger partial charge in [0.1, 0.15) is 0 Å². The van der Waals surface area contributed by atoms with Crippen LogP contribution in [0.15, 0.2) is 48.5 Å². The summed E-state index contributed by atoms with van der Waals surface area (Å²) >= 11 is 6.02. The van der Waals surface area contributed by atoms with Crippen LogP contribution in [0.5, 0.6) is 0 Å². The lowest BCUT2D eigenvalue weighted by Crippen LogP contribution is -2.27. The van der Waals surface area contributed by atoms with Gasteiger partial charge in [-0.2, -0.15) is 0 Å². The second kappa shape index (κ2) is 7.49. The highest BCUT2D eigenvalue weighted by atomic mass is 35.5. The highest BCUT2D eigenvalue weighted by Gasteiger charge is 2.19. The molecule has 0 aromatic heterocycles. The standard InChI is InChI=1S/C19H19ClN2O2/c20-17-6-2-1-5-16(17)18(23)21-13-14-7-9-15(10-8-14)19(24)22-11-3-4-12-22/h1-2,5-10H,3-4,11-13H2,(H,21,23). The van der Waals surface area contributed by atoms with Crippen LogP contribution in [0.4, 0.5) is 0 Å². The first-order valence-corrected chi connectivity index (χ1v) is 8.44. The van der Waals surface area contributed by atoms with Gasteiger partial charge in [-0.05, 0) is 42.7 Å². The van der Waals surface area contributed by atoms with E-state index in [0.29, 0.717) is 22.7 Å². The van der Waals surface area contributed by atoms with E-state index in [1.54, 1.807) is 24.3 Å². The number of benzene rings is 2. The molecule has 1 saturated heterocycles. The summed E-state index contributed by atoms with van der Waals surface area (Å²) in [6, 6.07) is 14.3. The second-order valence-corrected chi connectivity index (χ2v) is 6.27. The molecule has 124 valence electrons. The van der Waals surface area contributed by atoms with Crippen molar-refractivity contribution < 1.29 is 9.59 Å². The Morgan fingerprint density at radius 3 is 2.33 bits per heavy atom. The van der Waals surface area contributed by atoms with Gasteiger partial charge in [-0.15, -0.1) is 0 Å². The van der Waals surface area contributed by atoms with Gasteiger partial charge in [-0.1, -0.05) is 35.9 Å². The molecule has 0 radical (unpaired) electrons. The zero-order valence-electron chi connectivity index (χ0n) is 13.3. The van der Waals surface area contributed by atoms with Crippen LogP contribution in [0.2, 0.25) is 5.02 Å². The Labute approximate surface area is 146 Å². The molecule has 3 rings (SSSR count). The SMILES string of the molecule is O=C(NCc1ccc(C(=O)N2CCCC2)cc1)c1ccccc1Cl. The van der Waals surface area contributed by atoms with Crippen LogP contribution in [0, 0.1) is 0 Å². The van der Waals surface area contributed by atoms with Crippen molar-refractivity contribution >= 4 is 23.4 Å². The van der Waals surface area contributed by atoms with Gasteiger partial charge in [0.25, 0.3) is 11.8 Å². The molecule has 4 nitrogen and oxygen atoms in total. The van der Waals surface area contributed by atoms with Crippen LogP contribution in [0.25, 0.3) is 0 Å². The molecule has 0 bridgehead atoms. The van der Waals surface area contributed by atoms with E-state index in [4.69, 9.17) is 11.6 Å². The molecule has 0 atom stereocenters. The fourth-order valence-electron chi connectivity index (χ4n) is 2.79. The van der Waals surface area contributed by atoms with Crippen molar-refractivity contribution in [1.29, 1.82) is 0 Å². The van der Waals surface area contributed by atoms with Crippen LogP contribution in [0.3, 0.4) is 0 Å². The van der Waals surface area contributed by atoms with Crippen molar-refractivity contribution in [3.05, 3.63) is 70.2 Å². The maximum atomic E-state index is 12.3. The molecule has 0 aliphatic carbocycles. The molecule has 0 spiro atoms. The number of carbonyl (C=O) groups is 2. The van der Waals surface area contributed by atoms with Gasteiger partial charge in [0, 0.05) is 25.2 Å². The maximum Gasteiger partial charge on any atom is 0.253 e. The van der Waals surface area contributed by atoms with E-state index in [0.717, 1.165) is 31.5 Å². The van der Waals surface area contributed by atoms with Gasteiger partial charge in [0.15, 0.2) is 0 Å². The van der Waals surface area contributed by atoms with Crippen LogP contribution in [0.1, 0.15) is 39.1 Å². The number of rotatable bonds is 4. The molecule has 0 unspecified atom stereocenters. The van der Waals surface area contributed by atoms with E-state index in [1.807, 2.05) is 29.2 Å². The van der Waals surface area contributed by atoms with Crippen molar-refractivity contribution in [2.45, 2.75) is 19.4 Å². The van der Waals surface area contributed by atoms with Crippen LogP contribution in [-0.4, -0.2) is 29.8 Å². The Balaban J connectivity index is 1.59. The molecule has 1 heterocycles. The van der Waals surface area contributed by atoms with Crippen molar-refractivity contribution in [2.75, 3.05) is 13.1 Å². The van der Waals surface area contributed by atoms with Gasteiger partial charge in [0.2, 0.25) is 0 Å². The lowest BCUT2D eigenvalue weighted by atomic mass is 10.1. The van der Waals surface area contributed by atoms with E-state index >= 15 is 0 Å². The molecule has 0 saturated carbocycles. The molecule has 5 heteroatoms. The quantitative estimate of drug-likeness (QED) is 0.924. The molecule has 1 aliphatic heterocycles. The van der Waals surface area contributed by atoms with E-state index in [-0.39, 0.29) is 11.8 Å². The minimum absolute atomic E-state index is 0.0825. The molecule has 24 heavy (non-hydrogen) atoms. The highest BCUT2D eigenvalue weighted by Crippen LogP contribution is 2.16. The molecule has 2 amide bonds. The summed E-state index contributed by atoms with van der Waals surface area (Å²) < 4.78 is 0. The molecule has 2 aromatic carbocycles. The van der Waals surface area contributed by atoms with E-state index in [2.05, 4.69) is 5.32 Å². The lowest BCUT2D eigenvalue weighted by Gasteiger charge is -2.15. The van der Waals surface area contributed by atoms with E-state index in [9.17, 15) is 9.59 Å².